The van der Waals surface area contributed by atoms with Gasteiger partial charge in [-0.2, -0.15) is 0 Å². The van der Waals surface area contributed by atoms with E-state index in [2.05, 4.69) is 25.8 Å². The Kier molecular flexibility index (Phi) is 5.48. The first kappa shape index (κ1) is 17.7. The fourth-order valence-corrected chi connectivity index (χ4v) is 2.19. The lowest BCUT2D eigenvalue weighted by molar-refractivity contribution is 0.100. The number of aromatic nitrogens is 1. The number of primary amides is 1. The molecular formula is C19H16N6O2. The molecule has 0 radical (unpaired) electrons. The fourth-order valence-electron chi connectivity index (χ4n) is 2.19. The quantitative estimate of drug-likeness (QED) is 0.590. The summed E-state index contributed by atoms with van der Waals surface area (Å²) in [4.78, 5) is 27.9. The third-order valence-electron chi connectivity index (χ3n) is 3.43. The number of carbonyl (C=O) groups is 2. The normalized spacial score (nSPS) is 10.5. The van der Waals surface area contributed by atoms with E-state index in [1.165, 1.54) is 12.1 Å². The van der Waals surface area contributed by atoms with E-state index in [0.717, 1.165) is 0 Å². The van der Waals surface area contributed by atoms with Crippen molar-refractivity contribution in [2.75, 3.05) is 10.6 Å². The van der Waals surface area contributed by atoms with E-state index in [-0.39, 0.29) is 17.2 Å². The second-order valence-electron chi connectivity index (χ2n) is 5.41. The minimum Gasteiger partial charge on any atom is -0.365 e. The van der Waals surface area contributed by atoms with E-state index in [1.807, 2.05) is 24.3 Å². The van der Waals surface area contributed by atoms with Gasteiger partial charge in [0.25, 0.3) is 5.91 Å². The Balaban J connectivity index is 1.80. The van der Waals surface area contributed by atoms with Gasteiger partial charge in [-0.1, -0.05) is 36.4 Å². The van der Waals surface area contributed by atoms with Crippen LogP contribution in [0.1, 0.15) is 10.4 Å². The molecule has 0 atom stereocenters. The molecule has 0 aliphatic carbocycles. The largest absolute Gasteiger partial charge is 0.365 e. The van der Waals surface area contributed by atoms with Crippen LogP contribution in [-0.2, 0) is 0 Å². The maximum Gasteiger partial charge on any atom is 0.324 e. The Bertz CT molecular complexity index is 974. The average molecular weight is 360 g/mol. The number of nitrogens with two attached hydrogens (primary N) is 1. The standard InChI is InChI=1S/C19H16N6O2/c20-17(26)15-11-12-16(25-24-14-9-5-2-6-10-14)22-18(15)23-19(27)21-13-7-3-1-4-8-13/h1-12H,(H2,20,26)(H2,21,22,23,27). The molecule has 27 heavy (non-hydrogen) atoms. The molecule has 0 saturated carbocycles. The molecule has 0 spiro atoms. The average Bonchev–Trinajstić information content (AvgIpc) is 2.68. The number of amides is 3. The first-order chi connectivity index (χ1) is 13.1. The third-order valence-corrected chi connectivity index (χ3v) is 3.43. The monoisotopic (exact) mass is 360 g/mol. The first-order valence-corrected chi connectivity index (χ1v) is 8.02. The second kappa shape index (κ2) is 8.34. The van der Waals surface area contributed by atoms with Crippen molar-refractivity contribution in [2.45, 2.75) is 0 Å². The molecule has 8 nitrogen and oxygen atoms in total. The van der Waals surface area contributed by atoms with Crippen molar-refractivity contribution in [1.29, 1.82) is 0 Å². The molecule has 0 aliphatic heterocycles. The van der Waals surface area contributed by atoms with Crippen molar-refractivity contribution in [3.05, 3.63) is 78.4 Å². The van der Waals surface area contributed by atoms with Crippen LogP contribution in [0.5, 0.6) is 0 Å². The van der Waals surface area contributed by atoms with Gasteiger partial charge in [-0.05, 0) is 36.4 Å². The molecule has 0 aliphatic rings. The van der Waals surface area contributed by atoms with Gasteiger partial charge in [0.1, 0.15) is 5.82 Å². The zero-order valence-corrected chi connectivity index (χ0v) is 14.2. The summed E-state index contributed by atoms with van der Waals surface area (Å²) in [5.41, 5.74) is 6.66. The Labute approximate surface area is 155 Å². The number of rotatable bonds is 5. The zero-order valence-electron chi connectivity index (χ0n) is 14.2. The smallest absolute Gasteiger partial charge is 0.324 e. The lowest BCUT2D eigenvalue weighted by Crippen LogP contribution is -2.23. The molecular weight excluding hydrogens is 344 g/mol. The second-order valence-corrected chi connectivity index (χ2v) is 5.41. The van der Waals surface area contributed by atoms with Crippen molar-refractivity contribution < 1.29 is 9.59 Å². The van der Waals surface area contributed by atoms with Crippen LogP contribution in [0.25, 0.3) is 0 Å². The topological polar surface area (TPSA) is 122 Å². The summed E-state index contributed by atoms with van der Waals surface area (Å²) in [7, 11) is 0. The van der Waals surface area contributed by atoms with Crippen LogP contribution >= 0.6 is 0 Å². The zero-order chi connectivity index (χ0) is 19.1. The van der Waals surface area contributed by atoms with Crippen molar-refractivity contribution in [3.63, 3.8) is 0 Å². The molecule has 1 heterocycles. The lowest BCUT2D eigenvalue weighted by Gasteiger charge is -2.10. The Morgan fingerprint density at radius 2 is 1.48 bits per heavy atom. The number of pyridine rings is 1. The number of hydrogen-bond acceptors (Lipinski definition) is 5. The Morgan fingerprint density at radius 3 is 2.15 bits per heavy atom. The van der Waals surface area contributed by atoms with Crippen LogP contribution in [0.3, 0.4) is 0 Å². The van der Waals surface area contributed by atoms with Crippen LogP contribution in [0.4, 0.5) is 27.8 Å². The van der Waals surface area contributed by atoms with Crippen molar-refractivity contribution in [2.24, 2.45) is 16.0 Å². The Morgan fingerprint density at radius 1 is 0.815 bits per heavy atom. The summed E-state index contributed by atoms with van der Waals surface area (Å²) in [6, 6.07) is 20.3. The number of nitrogens with one attached hydrogen (secondary N) is 2. The molecule has 134 valence electrons. The molecule has 0 saturated heterocycles. The number of carbonyl (C=O) groups excluding carboxylic acids is 2. The predicted molar refractivity (Wildman–Crippen MR) is 102 cm³/mol. The van der Waals surface area contributed by atoms with Crippen LogP contribution in [0, 0.1) is 0 Å². The summed E-state index contributed by atoms with van der Waals surface area (Å²) >= 11 is 0. The molecule has 0 fully saturated rings. The molecule has 8 heteroatoms. The lowest BCUT2D eigenvalue weighted by atomic mass is 10.2. The van der Waals surface area contributed by atoms with Gasteiger partial charge in [-0.3, -0.25) is 10.1 Å². The molecule has 0 unspecified atom stereocenters. The molecule has 3 rings (SSSR count). The van der Waals surface area contributed by atoms with E-state index in [0.29, 0.717) is 11.4 Å². The van der Waals surface area contributed by atoms with Gasteiger partial charge in [0.05, 0.1) is 11.3 Å². The molecule has 2 aromatic carbocycles. The number of anilines is 2. The summed E-state index contributed by atoms with van der Waals surface area (Å²) in [6.45, 7) is 0. The van der Waals surface area contributed by atoms with E-state index in [4.69, 9.17) is 5.73 Å². The number of urea groups is 1. The van der Waals surface area contributed by atoms with Gasteiger partial charge in [0.15, 0.2) is 5.82 Å². The molecule has 1 aromatic heterocycles. The first-order valence-electron chi connectivity index (χ1n) is 8.02. The summed E-state index contributed by atoms with van der Waals surface area (Å²) < 4.78 is 0. The Hall–Kier alpha value is -4.07. The van der Waals surface area contributed by atoms with Crippen molar-refractivity contribution in [1.82, 2.24) is 4.98 Å². The highest BCUT2D eigenvalue weighted by molar-refractivity contribution is 6.05. The van der Waals surface area contributed by atoms with E-state index >= 15 is 0 Å². The number of azo groups is 1. The number of hydrogen-bond donors (Lipinski definition) is 3. The molecule has 3 amide bonds. The van der Waals surface area contributed by atoms with E-state index in [1.54, 1.807) is 36.4 Å². The number of benzene rings is 2. The van der Waals surface area contributed by atoms with Crippen molar-refractivity contribution >= 4 is 34.9 Å². The van der Waals surface area contributed by atoms with Gasteiger partial charge in [0.2, 0.25) is 0 Å². The summed E-state index contributed by atoms with van der Waals surface area (Å²) in [5.74, 6) is -0.497. The minimum atomic E-state index is -0.718. The van der Waals surface area contributed by atoms with Crippen molar-refractivity contribution in [3.8, 4) is 0 Å². The van der Waals surface area contributed by atoms with Gasteiger partial charge in [-0.25, -0.2) is 9.78 Å². The highest BCUT2D eigenvalue weighted by Gasteiger charge is 2.14. The van der Waals surface area contributed by atoms with Crippen LogP contribution in [0.2, 0.25) is 0 Å². The molecule has 4 N–H and O–H groups in total. The highest BCUT2D eigenvalue weighted by atomic mass is 16.2. The van der Waals surface area contributed by atoms with Gasteiger partial charge in [-0.15, -0.1) is 10.2 Å². The van der Waals surface area contributed by atoms with Gasteiger partial charge in [0, 0.05) is 5.69 Å². The maximum atomic E-state index is 12.2. The third kappa shape index (κ3) is 4.95. The van der Waals surface area contributed by atoms with Crippen LogP contribution in [0.15, 0.2) is 83.0 Å². The summed E-state index contributed by atoms with van der Waals surface area (Å²) in [5, 5.41) is 13.2. The van der Waals surface area contributed by atoms with Gasteiger partial charge < -0.3 is 11.1 Å². The minimum absolute atomic E-state index is 0.000410. The SMILES string of the molecule is NC(=O)c1ccc(N=Nc2ccccc2)nc1NC(=O)Nc1ccccc1. The highest BCUT2D eigenvalue weighted by Crippen LogP contribution is 2.21. The van der Waals surface area contributed by atoms with Crippen LogP contribution < -0.4 is 16.4 Å². The van der Waals surface area contributed by atoms with Crippen LogP contribution in [-0.4, -0.2) is 16.9 Å². The summed E-state index contributed by atoms with van der Waals surface area (Å²) in [6.07, 6.45) is 0. The maximum absolute atomic E-state index is 12.2. The number of nitrogens with zero attached hydrogens (tertiary/aromatic N) is 3. The van der Waals surface area contributed by atoms with E-state index in [9.17, 15) is 9.59 Å². The number of para-hydroxylation sites is 1. The van der Waals surface area contributed by atoms with Gasteiger partial charge >= 0.3 is 6.03 Å². The molecule has 3 aromatic rings. The van der Waals surface area contributed by atoms with E-state index < -0.39 is 11.9 Å². The fraction of sp³-hybridized carbons (Fsp3) is 0. The predicted octanol–water partition coefficient (Wildman–Crippen LogP) is 4.24. The molecule has 0 bridgehead atoms.